The Hall–Kier alpha value is -3.16. The number of carboxylic acid groups (broad SMARTS) is 1. The number of hydrogen-bond acceptors (Lipinski definition) is 4. The molecule has 0 aromatic heterocycles. The van der Waals surface area contributed by atoms with Crippen LogP contribution < -0.4 is 9.62 Å². The summed E-state index contributed by atoms with van der Waals surface area (Å²) in [5.74, 6) is -0.663. The lowest BCUT2D eigenvalue weighted by Crippen LogP contribution is -2.42. The molecule has 1 saturated heterocycles. The lowest BCUT2D eigenvalue weighted by atomic mass is 9.89. The van der Waals surface area contributed by atoms with Crippen molar-refractivity contribution in [1.29, 1.82) is 0 Å². The van der Waals surface area contributed by atoms with E-state index in [4.69, 9.17) is 0 Å². The van der Waals surface area contributed by atoms with Crippen LogP contribution in [0, 0.1) is 0 Å². The highest BCUT2D eigenvalue weighted by molar-refractivity contribution is 7.89. The number of aliphatic carboxylic acids is 1. The van der Waals surface area contributed by atoms with Crippen LogP contribution >= 0.6 is 0 Å². The minimum Gasteiger partial charge on any atom is -0.480 e. The van der Waals surface area contributed by atoms with E-state index in [2.05, 4.69) is 33.9 Å². The molecule has 1 aliphatic heterocycles. The smallest absolute Gasteiger partial charge is 0.322 e. The van der Waals surface area contributed by atoms with Crippen molar-refractivity contribution in [2.45, 2.75) is 36.1 Å². The molecule has 0 bridgehead atoms. The Kier molecular flexibility index (Phi) is 7.11. The van der Waals surface area contributed by atoms with Crippen LogP contribution in [0.4, 0.5) is 5.69 Å². The number of benzene rings is 3. The molecule has 1 aliphatic rings. The number of piperidine rings is 1. The first kappa shape index (κ1) is 23.0. The molecule has 0 radical (unpaired) electrons. The molecule has 172 valence electrons. The number of anilines is 1. The highest BCUT2D eigenvalue weighted by Crippen LogP contribution is 2.30. The van der Waals surface area contributed by atoms with Crippen LogP contribution in [0.1, 0.15) is 29.9 Å². The van der Waals surface area contributed by atoms with Gasteiger partial charge >= 0.3 is 5.97 Å². The largest absolute Gasteiger partial charge is 0.480 e. The third-order valence-electron chi connectivity index (χ3n) is 6.16. The lowest BCUT2D eigenvalue weighted by molar-refractivity contribution is -0.138. The maximum absolute atomic E-state index is 12.8. The average Bonchev–Trinajstić information content (AvgIpc) is 2.85. The summed E-state index contributed by atoms with van der Waals surface area (Å²) >= 11 is 0. The van der Waals surface area contributed by atoms with Crippen molar-refractivity contribution >= 4 is 21.7 Å². The van der Waals surface area contributed by atoms with E-state index in [0.29, 0.717) is 5.92 Å². The van der Waals surface area contributed by atoms with E-state index in [9.17, 15) is 18.3 Å². The van der Waals surface area contributed by atoms with Gasteiger partial charge in [0.15, 0.2) is 0 Å². The van der Waals surface area contributed by atoms with E-state index >= 15 is 0 Å². The zero-order valence-corrected chi connectivity index (χ0v) is 19.1. The molecule has 1 heterocycles. The molecule has 3 aromatic rings. The fourth-order valence-corrected chi connectivity index (χ4v) is 5.51. The van der Waals surface area contributed by atoms with Crippen molar-refractivity contribution in [3.05, 3.63) is 96.1 Å². The zero-order valence-electron chi connectivity index (χ0n) is 18.3. The van der Waals surface area contributed by atoms with Gasteiger partial charge in [-0.3, -0.25) is 4.79 Å². The summed E-state index contributed by atoms with van der Waals surface area (Å²) in [4.78, 5) is 14.0. The van der Waals surface area contributed by atoms with Gasteiger partial charge in [0.1, 0.15) is 6.04 Å². The topological polar surface area (TPSA) is 86.7 Å². The van der Waals surface area contributed by atoms with E-state index in [0.717, 1.165) is 37.2 Å². The van der Waals surface area contributed by atoms with Gasteiger partial charge in [-0.1, -0.05) is 60.7 Å². The van der Waals surface area contributed by atoms with Gasteiger partial charge in [-0.15, -0.1) is 0 Å². The summed E-state index contributed by atoms with van der Waals surface area (Å²) in [6.45, 7) is 1.81. The van der Waals surface area contributed by atoms with Crippen LogP contribution in [-0.4, -0.2) is 38.6 Å². The summed E-state index contributed by atoms with van der Waals surface area (Å²) in [6.07, 6.45) is 2.17. The van der Waals surface area contributed by atoms with Gasteiger partial charge in [0, 0.05) is 18.8 Å². The number of nitrogens with zero attached hydrogens (tertiary/aromatic N) is 1. The predicted octanol–water partition coefficient (Wildman–Crippen LogP) is 4.04. The first-order chi connectivity index (χ1) is 15.9. The van der Waals surface area contributed by atoms with Crippen molar-refractivity contribution in [3.63, 3.8) is 0 Å². The van der Waals surface area contributed by atoms with Crippen LogP contribution in [0.3, 0.4) is 0 Å². The zero-order chi connectivity index (χ0) is 23.3. The summed E-state index contributed by atoms with van der Waals surface area (Å²) < 4.78 is 28.0. The molecule has 0 spiro atoms. The molecule has 3 aromatic carbocycles. The van der Waals surface area contributed by atoms with Crippen molar-refractivity contribution in [2.75, 3.05) is 18.0 Å². The van der Waals surface area contributed by atoms with Crippen LogP contribution in [-0.2, 0) is 21.2 Å². The number of rotatable bonds is 8. The molecule has 0 amide bonds. The van der Waals surface area contributed by atoms with Crippen LogP contribution in [0.2, 0.25) is 0 Å². The molecule has 2 N–H and O–H groups in total. The third-order valence-corrected chi connectivity index (χ3v) is 7.64. The molecule has 1 fully saturated rings. The quantitative estimate of drug-likeness (QED) is 0.525. The van der Waals surface area contributed by atoms with Gasteiger partial charge in [-0.25, -0.2) is 8.42 Å². The predicted molar refractivity (Wildman–Crippen MR) is 129 cm³/mol. The molecular weight excluding hydrogens is 436 g/mol. The minimum atomic E-state index is -3.97. The molecule has 6 nitrogen and oxygen atoms in total. The molecule has 7 heteroatoms. The summed E-state index contributed by atoms with van der Waals surface area (Å²) in [5.41, 5.74) is 3.09. The first-order valence-corrected chi connectivity index (χ1v) is 12.6. The van der Waals surface area contributed by atoms with Gasteiger partial charge in [-0.2, -0.15) is 4.72 Å². The van der Waals surface area contributed by atoms with Crippen molar-refractivity contribution in [1.82, 2.24) is 4.72 Å². The van der Waals surface area contributed by atoms with Gasteiger partial charge < -0.3 is 10.0 Å². The number of carboxylic acids is 1. The summed E-state index contributed by atoms with van der Waals surface area (Å²) in [5, 5.41) is 9.53. The Morgan fingerprint density at radius 1 is 0.909 bits per heavy atom. The standard InChI is InChI=1S/C26H28N2O4S/c29-26(30)25(19-20-7-3-1-4-8-20)27-33(31,32)24-13-11-23(12-14-24)28-17-15-22(16-18-28)21-9-5-2-6-10-21/h1-14,22,25,27H,15-19H2,(H,29,30). The maximum Gasteiger partial charge on any atom is 0.322 e. The van der Waals surface area contributed by atoms with E-state index in [1.807, 2.05) is 12.1 Å². The average molecular weight is 465 g/mol. The van der Waals surface area contributed by atoms with Crippen molar-refractivity contribution < 1.29 is 18.3 Å². The Balaban J connectivity index is 1.40. The van der Waals surface area contributed by atoms with E-state index in [-0.39, 0.29) is 11.3 Å². The fraction of sp³-hybridized carbons (Fsp3) is 0.269. The van der Waals surface area contributed by atoms with E-state index in [1.165, 1.54) is 5.56 Å². The normalized spacial score (nSPS) is 15.8. The second-order valence-electron chi connectivity index (χ2n) is 8.37. The number of carbonyl (C=O) groups is 1. The Morgan fingerprint density at radius 3 is 2.06 bits per heavy atom. The highest BCUT2D eigenvalue weighted by Gasteiger charge is 2.26. The SMILES string of the molecule is O=C(O)C(Cc1ccccc1)NS(=O)(=O)c1ccc(N2CCC(c3ccccc3)CC2)cc1. The van der Waals surface area contributed by atoms with Crippen molar-refractivity contribution in [3.8, 4) is 0 Å². The Labute approximate surface area is 194 Å². The van der Waals surface area contributed by atoms with Gasteiger partial charge in [0.05, 0.1) is 4.90 Å². The van der Waals surface area contributed by atoms with Gasteiger partial charge in [-0.05, 0) is 60.6 Å². The monoisotopic (exact) mass is 464 g/mol. The third kappa shape index (κ3) is 5.80. The molecule has 1 unspecified atom stereocenters. The van der Waals surface area contributed by atoms with Gasteiger partial charge in [0.25, 0.3) is 0 Å². The van der Waals surface area contributed by atoms with E-state index in [1.54, 1.807) is 48.5 Å². The van der Waals surface area contributed by atoms with Gasteiger partial charge in [0.2, 0.25) is 10.0 Å². The minimum absolute atomic E-state index is 0.0599. The Morgan fingerprint density at radius 2 is 1.48 bits per heavy atom. The number of hydrogen-bond donors (Lipinski definition) is 2. The molecule has 0 saturated carbocycles. The molecule has 4 rings (SSSR count). The fourth-order valence-electron chi connectivity index (χ4n) is 4.32. The lowest BCUT2D eigenvalue weighted by Gasteiger charge is -2.34. The molecule has 0 aliphatic carbocycles. The molecular formula is C26H28N2O4S. The second-order valence-corrected chi connectivity index (χ2v) is 10.1. The van der Waals surface area contributed by atoms with Crippen molar-refractivity contribution in [2.24, 2.45) is 0 Å². The molecule has 33 heavy (non-hydrogen) atoms. The summed E-state index contributed by atoms with van der Waals surface area (Å²) in [6, 6.07) is 24.9. The summed E-state index contributed by atoms with van der Waals surface area (Å²) in [7, 11) is -3.97. The highest BCUT2D eigenvalue weighted by atomic mass is 32.2. The second kappa shape index (κ2) is 10.2. The van der Waals surface area contributed by atoms with Crippen LogP contribution in [0.15, 0.2) is 89.8 Å². The van der Waals surface area contributed by atoms with Crippen LogP contribution in [0.5, 0.6) is 0 Å². The number of nitrogens with one attached hydrogen (secondary N) is 1. The Bertz CT molecular complexity index is 1160. The van der Waals surface area contributed by atoms with Crippen LogP contribution in [0.25, 0.3) is 0 Å². The first-order valence-electron chi connectivity index (χ1n) is 11.1. The number of sulfonamides is 1. The van der Waals surface area contributed by atoms with E-state index < -0.39 is 22.0 Å². The maximum atomic E-state index is 12.8. The molecule has 1 atom stereocenters.